The normalized spacial score (nSPS) is 23.4. The minimum Gasteiger partial charge on any atom is -0.355 e. The zero-order chi connectivity index (χ0) is 17.3. The van der Waals surface area contributed by atoms with Gasteiger partial charge in [-0.1, -0.05) is 0 Å². The van der Waals surface area contributed by atoms with Crippen molar-refractivity contribution in [1.82, 2.24) is 19.9 Å². The van der Waals surface area contributed by atoms with E-state index in [1.54, 1.807) is 0 Å². The van der Waals surface area contributed by atoms with E-state index in [2.05, 4.69) is 14.8 Å². The van der Waals surface area contributed by atoms with Crippen molar-refractivity contribution in [2.24, 2.45) is 0 Å². The Morgan fingerprint density at radius 3 is 2.58 bits per heavy atom. The highest BCUT2D eigenvalue weighted by molar-refractivity contribution is 5.61. The molecule has 0 amide bonds. The molecule has 2 aromatic rings. The molecule has 5 rings (SSSR count). The fraction of sp³-hybridized carbons (Fsp3) is 0.571. The van der Waals surface area contributed by atoms with Crippen LogP contribution in [0, 0.1) is 0 Å². The van der Waals surface area contributed by atoms with Crippen molar-refractivity contribution in [3.63, 3.8) is 0 Å². The number of fused-ring (bicyclic) bond motifs is 1. The van der Waals surface area contributed by atoms with E-state index in [0.29, 0.717) is 6.04 Å². The van der Waals surface area contributed by atoms with Crippen LogP contribution in [0.3, 0.4) is 0 Å². The maximum atomic E-state index is 5.07. The molecule has 0 N–H and O–H groups in total. The van der Waals surface area contributed by atoms with Crippen molar-refractivity contribution in [3.05, 3.63) is 35.8 Å². The third kappa shape index (κ3) is 2.98. The van der Waals surface area contributed by atoms with Crippen LogP contribution >= 0.6 is 0 Å². The number of hydrogen-bond donors (Lipinski definition) is 0. The average Bonchev–Trinajstić information content (AvgIpc) is 3.40. The Balaban J connectivity index is 1.48. The molecule has 26 heavy (non-hydrogen) atoms. The van der Waals surface area contributed by atoms with E-state index in [1.807, 2.05) is 24.5 Å². The largest absolute Gasteiger partial charge is 0.355 e. The van der Waals surface area contributed by atoms with Gasteiger partial charge in [-0.15, -0.1) is 0 Å². The highest BCUT2D eigenvalue weighted by atomic mass is 15.3. The summed E-state index contributed by atoms with van der Waals surface area (Å²) in [6.07, 6.45) is 12.4. The van der Waals surface area contributed by atoms with E-state index in [9.17, 15) is 0 Å². The van der Waals surface area contributed by atoms with Gasteiger partial charge in [0.2, 0.25) is 0 Å². The number of likely N-dealkylation sites (tertiary alicyclic amines) is 1. The molecule has 2 saturated heterocycles. The van der Waals surface area contributed by atoms with Gasteiger partial charge in [0.05, 0.1) is 0 Å². The molecule has 2 aromatic heterocycles. The topological polar surface area (TPSA) is 45.2 Å². The summed E-state index contributed by atoms with van der Waals surface area (Å²) < 4.78 is 0. The summed E-state index contributed by atoms with van der Waals surface area (Å²) in [4.78, 5) is 19.4. The van der Waals surface area contributed by atoms with E-state index in [0.717, 1.165) is 37.3 Å². The second-order valence-corrected chi connectivity index (χ2v) is 7.87. The first kappa shape index (κ1) is 16.2. The molecule has 4 heterocycles. The molecule has 0 saturated carbocycles. The van der Waals surface area contributed by atoms with Crippen LogP contribution in [0.4, 0.5) is 5.82 Å². The summed E-state index contributed by atoms with van der Waals surface area (Å²) in [6.45, 7) is 4.81. The molecule has 0 unspecified atom stereocenters. The molecule has 5 heteroatoms. The van der Waals surface area contributed by atoms with Crippen molar-refractivity contribution in [1.29, 1.82) is 0 Å². The second kappa shape index (κ2) is 6.95. The van der Waals surface area contributed by atoms with E-state index < -0.39 is 0 Å². The molecule has 1 atom stereocenters. The Morgan fingerprint density at radius 1 is 0.885 bits per heavy atom. The predicted molar refractivity (Wildman–Crippen MR) is 103 cm³/mol. The SMILES string of the molecule is c1cc(-c2nc3c(c(N4CCC[C@H](N5CCCC5)C4)n2)CCC3)ccn1. The number of aryl methyl sites for hydroxylation is 1. The summed E-state index contributed by atoms with van der Waals surface area (Å²) in [5.74, 6) is 2.08. The lowest BCUT2D eigenvalue weighted by Gasteiger charge is -2.39. The van der Waals surface area contributed by atoms with Gasteiger partial charge in [0.1, 0.15) is 5.82 Å². The lowest BCUT2D eigenvalue weighted by Crippen LogP contribution is -2.47. The quantitative estimate of drug-likeness (QED) is 0.852. The van der Waals surface area contributed by atoms with E-state index >= 15 is 0 Å². The van der Waals surface area contributed by atoms with Crippen LogP contribution in [0.15, 0.2) is 24.5 Å². The van der Waals surface area contributed by atoms with Gasteiger partial charge >= 0.3 is 0 Å². The molecule has 3 aliphatic rings. The maximum Gasteiger partial charge on any atom is 0.161 e. The maximum absolute atomic E-state index is 5.07. The van der Waals surface area contributed by atoms with Crippen LogP contribution in [-0.4, -0.2) is 52.1 Å². The first-order valence-corrected chi connectivity index (χ1v) is 10.2. The smallest absolute Gasteiger partial charge is 0.161 e. The molecule has 0 bridgehead atoms. The number of nitrogens with zero attached hydrogens (tertiary/aromatic N) is 5. The summed E-state index contributed by atoms with van der Waals surface area (Å²) in [7, 11) is 0. The minimum atomic E-state index is 0.697. The first-order valence-electron chi connectivity index (χ1n) is 10.2. The third-order valence-electron chi connectivity index (χ3n) is 6.20. The van der Waals surface area contributed by atoms with E-state index in [4.69, 9.17) is 9.97 Å². The molecule has 1 aliphatic carbocycles. The number of hydrogen-bond acceptors (Lipinski definition) is 5. The van der Waals surface area contributed by atoms with Crippen molar-refractivity contribution < 1.29 is 0 Å². The Kier molecular flexibility index (Phi) is 4.33. The summed E-state index contributed by atoms with van der Waals surface area (Å²) >= 11 is 0. The lowest BCUT2D eigenvalue weighted by molar-refractivity contribution is 0.215. The van der Waals surface area contributed by atoms with Crippen molar-refractivity contribution in [2.45, 2.75) is 51.0 Å². The molecular weight excluding hydrogens is 322 g/mol. The summed E-state index contributed by atoms with van der Waals surface area (Å²) in [5, 5.41) is 0. The zero-order valence-electron chi connectivity index (χ0n) is 15.4. The van der Waals surface area contributed by atoms with Crippen LogP contribution in [0.2, 0.25) is 0 Å². The highest BCUT2D eigenvalue weighted by Gasteiger charge is 2.30. The summed E-state index contributed by atoms with van der Waals surface area (Å²) in [5.41, 5.74) is 3.75. The molecule has 2 fully saturated rings. The Morgan fingerprint density at radius 2 is 1.73 bits per heavy atom. The van der Waals surface area contributed by atoms with Gasteiger partial charge in [0.25, 0.3) is 0 Å². The predicted octanol–water partition coefficient (Wildman–Crippen LogP) is 3.09. The summed E-state index contributed by atoms with van der Waals surface area (Å²) in [6, 6.07) is 4.73. The van der Waals surface area contributed by atoms with Crippen LogP contribution in [0.5, 0.6) is 0 Å². The Bertz CT molecular complexity index is 769. The number of piperidine rings is 1. The minimum absolute atomic E-state index is 0.697. The van der Waals surface area contributed by atoms with E-state index in [1.165, 1.54) is 62.3 Å². The molecule has 2 aliphatic heterocycles. The number of pyridine rings is 1. The molecular formula is C21H27N5. The van der Waals surface area contributed by atoms with Crippen LogP contribution in [0.25, 0.3) is 11.4 Å². The fourth-order valence-electron chi connectivity index (χ4n) is 4.86. The van der Waals surface area contributed by atoms with E-state index in [-0.39, 0.29) is 0 Å². The first-order chi connectivity index (χ1) is 12.9. The monoisotopic (exact) mass is 349 g/mol. The second-order valence-electron chi connectivity index (χ2n) is 7.87. The highest BCUT2D eigenvalue weighted by Crippen LogP contribution is 2.33. The van der Waals surface area contributed by atoms with Crippen LogP contribution in [-0.2, 0) is 12.8 Å². The van der Waals surface area contributed by atoms with Gasteiger partial charge in [-0.25, -0.2) is 9.97 Å². The Hall–Kier alpha value is -2.01. The number of aromatic nitrogens is 3. The zero-order valence-corrected chi connectivity index (χ0v) is 15.4. The van der Waals surface area contributed by atoms with Gasteiger partial charge in [0.15, 0.2) is 5.82 Å². The average molecular weight is 349 g/mol. The van der Waals surface area contributed by atoms with Crippen molar-refractivity contribution in [3.8, 4) is 11.4 Å². The van der Waals surface area contributed by atoms with Crippen LogP contribution in [0.1, 0.15) is 43.4 Å². The molecule has 136 valence electrons. The van der Waals surface area contributed by atoms with Gasteiger partial charge in [-0.2, -0.15) is 0 Å². The molecule has 0 spiro atoms. The van der Waals surface area contributed by atoms with Crippen LogP contribution < -0.4 is 4.90 Å². The number of anilines is 1. The van der Waals surface area contributed by atoms with Gasteiger partial charge < -0.3 is 4.90 Å². The Labute approximate surface area is 155 Å². The molecule has 5 nitrogen and oxygen atoms in total. The van der Waals surface area contributed by atoms with Gasteiger partial charge in [-0.3, -0.25) is 9.88 Å². The standard InChI is InChI=1S/C21H27N5/c1-2-13-25(12-1)17-5-4-14-26(15-17)21-18-6-3-7-19(18)23-20(24-21)16-8-10-22-11-9-16/h8-11,17H,1-7,12-15H2/t17-/m0/s1. The lowest BCUT2D eigenvalue weighted by atomic mass is 10.0. The molecule has 0 radical (unpaired) electrons. The third-order valence-corrected chi connectivity index (χ3v) is 6.20. The number of rotatable bonds is 3. The van der Waals surface area contributed by atoms with Crippen molar-refractivity contribution >= 4 is 5.82 Å². The van der Waals surface area contributed by atoms with Gasteiger partial charge in [0, 0.05) is 48.3 Å². The molecule has 0 aromatic carbocycles. The fourth-order valence-corrected chi connectivity index (χ4v) is 4.86. The van der Waals surface area contributed by atoms with Gasteiger partial charge in [-0.05, 0) is 70.2 Å². The van der Waals surface area contributed by atoms with Crippen molar-refractivity contribution in [2.75, 3.05) is 31.1 Å².